The first-order valence-corrected chi connectivity index (χ1v) is 14.5. The molecule has 0 aliphatic carbocycles. The van der Waals surface area contributed by atoms with E-state index in [9.17, 15) is 19.7 Å². The van der Waals surface area contributed by atoms with Crippen molar-refractivity contribution in [3.8, 4) is 17.2 Å². The Morgan fingerprint density at radius 1 is 1.19 bits per heavy atom. The molecule has 2 aliphatic rings. The van der Waals surface area contributed by atoms with Crippen molar-refractivity contribution in [3.05, 3.63) is 101 Å². The average molecular weight is 601 g/mol. The van der Waals surface area contributed by atoms with Gasteiger partial charge >= 0.3 is 0 Å². The second kappa shape index (κ2) is 11.0. The molecule has 12 heteroatoms. The fraction of sp³-hybridized carbons (Fsp3) is 0.258. The number of nitrogens with zero attached hydrogens (tertiary/aromatic N) is 4. The highest BCUT2D eigenvalue weighted by molar-refractivity contribution is 7.07. The number of carbonyl (C=O) groups is 1. The van der Waals surface area contributed by atoms with Crippen LogP contribution in [0, 0.1) is 10.1 Å². The number of amides is 1. The van der Waals surface area contributed by atoms with Crippen LogP contribution < -0.4 is 29.1 Å². The van der Waals surface area contributed by atoms with Crippen molar-refractivity contribution in [3.63, 3.8) is 0 Å². The lowest BCUT2D eigenvalue weighted by atomic mass is 9.90. The Kier molecular flexibility index (Phi) is 7.22. The molecule has 11 nitrogen and oxygen atoms in total. The van der Waals surface area contributed by atoms with Crippen molar-refractivity contribution < 1.29 is 23.9 Å². The van der Waals surface area contributed by atoms with Gasteiger partial charge in [0.25, 0.3) is 17.2 Å². The number of benzene rings is 3. The van der Waals surface area contributed by atoms with Gasteiger partial charge in [0.1, 0.15) is 11.8 Å². The molecule has 0 N–H and O–H groups in total. The van der Waals surface area contributed by atoms with Gasteiger partial charge in [0, 0.05) is 18.7 Å². The van der Waals surface area contributed by atoms with E-state index in [0.717, 1.165) is 22.1 Å². The molecule has 3 aromatic carbocycles. The second-order valence-corrected chi connectivity index (χ2v) is 11.0. The van der Waals surface area contributed by atoms with E-state index in [0.29, 0.717) is 46.2 Å². The van der Waals surface area contributed by atoms with Crippen LogP contribution in [0.2, 0.25) is 0 Å². The summed E-state index contributed by atoms with van der Waals surface area (Å²) in [5.74, 6) is 0.908. The largest absolute Gasteiger partial charge is 0.496 e. The number of rotatable bonds is 7. The van der Waals surface area contributed by atoms with Crippen LogP contribution in [0.5, 0.6) is 17.2 Å². The van der Waals surface area contributed by atoms with Crippen LogP contribution in [0.25, 0.3) is 16.8 Å². The summed E-state index contributed by atoms with van der Waals surface area (Å²) in [6.07, 6.45) is 1.46. The molecular formula is C31H28N4O7S. The number of fused-ring (bicyclic) bond motifs is 3. The van der Waals surface area contributed by atoms with Gasteiger partial charge in [0.05, 0.1) is 39.5 Å². The molecule has 0 radical (unpaired) electrons. The molecule has 43 heavy (non-hydrogen) atoms. The SMILES string of the molecule is CCN(CC)C(=O)C1=C(C)N=c2s/c(=C/c3cc4c(cc3[N+](=O)[O-])OCO4)c(=O)n2[C@@H]1c1c(OC)ccc2ccccc12. The van der Waals surface area contributed by atoms with Gasteiger partial charge in [0.15, 0.2) is 16.3 Å². The van der Waals surface area contributed by atoms with Gasteiger partial charge in [-0.2, -0.15) is 0 Å². The fourth-order valence-corrected chi connectivity index (χ4v) is 6.68. The van der Waals surface area contributed by atoms with Crippen LogP contribution >= 0.6 is 11.3 Å². The number of methoxy groups -OCH3 is 1. The number of carbonyl (C=O) groups excluding carboxylic acids is 1. The maximum absolute atomic E-state index is 14.3. The average Bonchev–Trinajstić information content (AvgIpc) is 3.59. The highest BCUT2D eigenvalue weighted by Gasteiger charge is 2.37. The monoisotopic (exact) mass is 600 g/mol. The first-order valence-electron chi connectivity index (χ1n) is 13.7. The lowest BCUT2D eigenvalue weighted by Crippen LogP contribution is -2.43. The Hall–Kier alpha value is -4.97. The third-order valence-electron chi connectivity index (χ3n) is 7.73. The lowest BCUT2D eigenvalue weighted by Gasteiger charge is -2.30. The molecule has 4 aromatic rings. The quantitative estimate of drug-likeness (QED) is 0.233. The third kappa shape index (κ3) is 4.63. The predicted molar refractivity (Wildman–Crippen MR) is 161 cm³/mol. The summed E-state index contributed by atoms with van der Waals surface area (Å²) in [5.41, 5.74) is 1.04. The summed E-state index contributed by atoms with van der Waals surface area (Å²) < 4.78 is 18.3. The van der Waals surface area contributed by atoms with E-state index >= 15 is 0 Å². The van der Waals surface area contributed by atoms with Crippen LogP contribution in [-0.2, 0) is 4.79 Å². The number of ether oxygens (including phenoxy) is 3. The Labute approximate surface area is 249 Å². The zero-order valence-electron chi connectivity index (χ0n) is 23.9. The van der Waals surface area contributed by atoms with Crippen LogP contribution in [0.4, 0.5) is 5.69 Å². The first kappa shape index (κ1) is 28.2. The van der Waals surface area contributed by atoms with Crippen LogP contribution in [-0.4, -0.2) is 47.3 Å². The number of nitro groups is 1. The highest BCUT2D eigenvalue weighted by atomic mass is 32.1. The number of hydrogen-bond acceptors (Lipinski definition) is 9. The summed E-state index contributed by atoms with van der Waals surface area (Å²) in [6.45, 7) is 6.47. The molecule has 1 atom stereocenters. The van der Waals surface area contributed by atoms with Crippen molar-refractivity contribution >= 4 is 39.8 Å². The van der Waals surface area contributed by atoms with Gasteiger partial charge in [-0.3, -0.25) is 24.3 Å². The highest BCUT2D eigenvalue weighted by Crippen LogP contribution is 2.41. The Morgan fingerprint density at radius 3 is 2.60 bits per heavy atom. The maximum atomic E-state index is 14.3. The van der Waals surface area contributed by atoms with Crippen molar-refractivity contribution in [2.75, 3.05) is 27.0 Å². The second-order valence-electron chi connectivity index (χ2n) is 9.98. The number of thiazole rings is 1. The lowest BCUT2D eigenvalue weighted by molar-refractivity contribution is -0.385. The molecule has 0 spiro atoms. The molecule has 0 fully saturated rings. The Balaban J connectivity index is 1.66. The molecule has 0 saturated heterocycles. The van der Waals surface area contributed by atoms with Gasteiger partial charge in [-0.25, -0.2) is 4.99 Å². The van der Waals surface area contributed by atoms with E-state index in [2.05, 4.69) is 0 Å². The van der Waals surface area contributed by atoms with E-state index in [1.807, 2.05) is 50.2 Å². The van der Waals surface area contributed by atoms with Gasteiger partial charge in [-0.15, -0.1) is 0 Å². The summed E-state index contributed by atoms with van der Waals surface area (Å²) in [4.78, 5) is 46.6. The normalized spacial score (nSPS) is 15.8. The van der Waals surface area contributed by atoms with E-state index in [1.165, 1.54) is 22.8 Å². The molecule has 0 saturated carbocycles. The van der Waals surface area contributed by atoms with Crippen molar-refractivity contribution in [2.24, 2.45) is 4.99 Å². The molecule has 0 bridgehead atoms. The number of allylic oxidation sites excluding steroid dienone is 1. The molecule has 220 valence electrons. The molecule has 2 aliphatic heterocycles. The Morgan fingerprint density at radius 2 is 1.91 bits per heavy atom. The third-order valence-corrected chi connectivity index (χ3v) is 8.71. The smallest absolute Gasteiger partial charge is 0.280 e. The number of hydrogen-bond donors (Lipinski definition) is 0. The predicted octanol–water partition coefficient (Wildman–Crippen LogP) is 3.90. The molecular weight excluding hydrogens is 572 g/mol. The van der Waals surface area contributed by atoms with E-state index in [1.54, 1.807) is 18.9 Å². The van der Waals surface area contributed by atoms with Gasteiger partial charge < -0.3 is 19.1 Å². The van der Waals surface area contributed by atoms with Crippen LogP contribution in [0.1, 0.15) is 37.9 Å². The molecule has 1 amide bonds. The van der Waals surface area contributed by atoms with Crippen molar-refractivity contribution in [1.82, 2.24) is 9.47 Å². The summed E-state index contributed by atoms with van der Waals surface area (Å²) in [7, 11) is 1.55. The van der Waals surface area contributed by atoms with Gasteiger partial charge in [-0.1, -0.05) is 41.7 Å². The minimum Gasteiger partial charge on any atom is -0.496 e. The zero-order valence-corrected chi connectivity index (χ0v) is 24.8. The van der Waals surface area contributed by atoms with E-state index in [4.69, 9.17) is 19.2 Å². The first-order chi connectivity index (χ1) is 20.8. The number of likely N-dealkylation sites (N-methyl/N-ethyl adjacent to an activating group) is 1. The molecule has 3 heterocycles. The zero-order chi connectivity index (χ0) is 30.4. The van der Waals surface area contributed by atoms with Crippen LogP contribution in [0.3, 0.4) is 0 Å². The standard InChI is InChI=1S/C31H28N4O7S/c1-5-33(6-2)30(37)26-17(3)32-31-34(28(26)27-20-10-8-7-9-18(20)11-12-22(27)40-4)29(36)25(43-31)14-19-13-23-24(42-16-41-23)15-21(19)35(38)39/h7-15,28H,5-6,16H2,1-4H3/b25-14+/t28-/m0/s1. The van der Waals surface area contributed by atoms with E-state index < -0.39 is 16.5 Å². The summed E-state index contributed by atoms with van der Waals surface area (Å²) in [5, 5.41) is 13.7. The van der Waals surface area contributed by atoms with Crippen molar-refractivity contribution in [1.29, 1.82) is 0 Å². The number of aromatic nitrogens is 1. The minimum atomic E-state index is -0.862. The number of nitro benzene ring substituents is 1. The Bertz CT molecular complexity index is 2020. The van der Waals surface area contributed by atoms with Gasteiger partial charge in [0.2, 0.25) is 6.79 Å². The summed E-state index contributed by atoms with van der Waals surface area (Å²) >= 11 is 1.10. The van der Waals surface area contributed by atoms with Crippen LogP contribution in [0.15, 0.2) is 69.6 Å². The molecule has 0 unspecified atom stereocenters. The fourth-order valence-electron chi connectivity index (χ4n) is 5.65. The molecule has 1 aromatic heterocycles. The maximum Gasteiger partial charge on any atom is 0.280 e. The summed E-state index contributed by atoms with van der Waals surface area (Å²) in [6, 6.07) is 13.4. The molecule has 6 rings (SSSR count). The minimum absolute atomic E-state index is 0.0480. The topological polar surface area (TPSA) is 126 Å². The van der Waals surface area contributed by atoms with E-state index in [-0.39, 0.29) is 34.2 Å². The van der Waals surface area contributed by atoms with Gasteiger partial charge in [-0.05, 0) is 49.8 Å². The van der Waals surface area contributed by atoms with Crippen molar-refractivity contribution in [2.45, 2.75) is 26.8 Å².